The highest BCUT2D eigenvalue weighted by Crippen LogP contribution is 2.23. The van der Waals surface area contributed by atoms with E-state index in [4.69, 9.17) is 4.55 Å². The lowest BCUT2D eigenvalue weighted by molar-refractivity contribution is 0.481. The van der Waals surface area contributed by atoms with E-state index in [1.807, 2.05) is 0 Å². The molecule has 2 aromatic rings. The minimum atomic E-state index is -4.38. The molecule has 23 heavy (non-hydrogen) atoms. The van der Waals surface area contributed by atoms with E-state index >= 15 is 0 Å². The Hall–Kier alpha value is -1.52. The molecule has 0 aliphatic rings. The first-order valence-corrected chi connectivity index (χ1v) is 9.77. The molecule has 122 valence electrons. The molecule has 0 aromatic heterocycles. The highest BCUT2D eigenvalue weighted by atomic mass is 79.9. The normalized spacial score (nSPS) is 12.7. The summed E-state index contributed by atoms with van der Waals surface area (Å²) < 4.78 is 63.3. The van der Waals surface area contributed by atoms with Crippen LogP contribution >= 0.6 is 15.9 Å². The van der Waals surface area contributed by atoms with Gasteiger partial charge in [0.15, 0.2) is 0 Å². The van der Waals surface area contributed by atoms with Gasteiger partial charge in [-0.05, 0) is 35.4 Å². The molecule has 0 atom stereocenters. The summed E-state index contributed by atoms with van der Waals surface area (Å²) in [5, 5.41) is 0. The number of rotatable bonds is 4. The summed E-state index contributed by atoms with van der Waals surface area (Å²) in [7, 11) is -8.64. The Balaban J connectivity index is 2.38. The molecule has 0 bridgehead atoms. The molecular weight excluding hydrogens is 408 g/mol. The Morgan fingerprint density at radius 2 is 1.43 bits per heavy atom. The number of hydrogen-bond acceptors (Lipinski definition) is 4. The monoisotopic (exact) mass is 418 g/mol. The van der Waals surface area contributed by atoms with E-state index in [1.54, 1.807) is 12.1 Å². The standard InChI is InChI=1S/C14H11BrO6S2/c15-12-6-5-11(14(9-12)23(19,20)21)4-1-10-2-7-13(8-3-10)22(16,17)18/h1-9H,(H,16,17,18)(H,19,20,21). The van der Waals surface area contributed by atoms with E-state index in [0.29, 0.717) is 10.0 Å². The van der Waals surface area contributed by atoms with Crippen molar-refractivity contribution in [2.75, 3.05) is 0 Å². The van der Waals surface area contributed by atoms with E-state index in [1.165, 1.54) is 42.5 Å². The van der Waals surface area contributed by atoms with Crippen LogP contribution in [0, 0.1) is 0 Å². The molecule has 0 spiro atoms. The van der Waals surface area contributed by atoms with Crippen molar-refractivity contribution in [2.45, 2.75) is 9.79 Å². The van der Waals surface area contributed by atoms with Crippen molar-refractivity contribution in [3.8, 4) is 0 Å². The molecule has 0 aliphatic carbocycles. The van der Waals surface area contributed by atoms with E-state index in [2.05, 4.69) is 15.9 Å². The molecule has 0 fully saturated rings. The molecule has 2 rings (SSSR count). The number of halogens is 1. The summed E-state index contributed by atoms with van der Waals surface area (Å²) in [6.45, 7) is 0. The second-order valence-corrected chi connectivity index (χ2v) is 8.26. The zero-order chi connectivity index (χ0) is 17.3. The van der Waals surface area contributed by atoms with Crippen LogP contribution in [-0.4, -0.2) is 25.9 Å². The van der Waals surface area contributed by atoms with Gasteiger partial charge >= 0.3 is 0 Å². The second kappa shape index (κ2) is 6.54. The molecule has 0 saturated carbocycles. The van der Waals surface area contributed by atoms with Crippen LogP contribution in [0.3, 0.4) is 0 Å². The van der Waals surface area contributed by atoms with Crippen LogP contribution in [0.5, 0.6) is 0 Å². The summed E-state index contributed by atoms with van der Waals surface area (Å²) in [5.41, 5.74) is 0.858. The Kier molecular flexibility index (Phi) is 5.07. The maximum Gasteiger partial charge on any atom is 0.295 e. The highest BCUT2D eigenvalue weighted by Gasteiger charge is 2.14. The maximum absolute atomic E-state index is 11.4. The van der Waals surface area contributed by atoms with E-state index in [0.717, 1.165) is 0 Å². The van der Waals surface area contributed by atoms with E-state index in [9.17, 15) is 21.4 Å². The summed E-state index contributed by atoms with van der Waals surface area (Å²) in [6.07, 6.45) is 3.02. The van der Waals surface area contributed by atoms with Gasteiger partial charge in [-0.25, -0.2) is 0 Å². The van der Waals surface area contributed by atoms with Crippen molar-refractivity contribution in [3.05, 3.63) is 58.1 Å². The Bertz CT molecular complexity index is 961. The largest absolute Gasteiger partial charge is 0.295 e. The summed E-state index contributed by atoms with van der Waals surface area (Å²) in [4.78, 5) is -0.491. The molecular formula is C14H11BrO6S2. The van der Waals surface area contributed by atoms with Gasteiger partial charge in [-0.3, -0.25) is 9.11 Å². The smallest absolute Gasteiger partial charge is 0.282 e. The maximum atomic E-state index is 11.4. The molecule has 0 unspecified atom stereocenters. The van der Waals surface area contributed by atoms with Crippen molar-refractivity contribution < 1.29 is 25.9 Å². The first-order valence-electron chi connectivity index (χ1n) is 6.10. The average molecular weight is 419 g/mol. The Morgan fingerprint density at radius 3 is 1.96 bits per heavy atom. The fourth-order valence-electron chi connectivity index (χ4n) is 1.81. The van der Waals surface area contributed by atoms with Gasteiger partial charge in [-0.2, -0.15) is 16.8 Å². The lowest BCUT2D eigenvalue weighted by atomic mass is 10.1. The van der Waals surface area contributed by atoms with Crippen molar-refractivity contribution in [2.24, 2.45) is 0 Å². The third-order valence-corrected chi connectivity index (χ3v) is 5.16. The molecule has 9 heteroatoms. The van der Waals surface area contributed by atoms with Gasteiger partial charge in [0.2, 0.25) is 0 Å². The summed E-state index contributed by atoms with van der Waals surface area (Å²) in [5.74, 6) is 0. The third kappa shape index (κ3) is 4.72. The van der Waals surface area contributed by atoms with Gasteiger partial charge in [-0.15, -0.1) is 0 Å². The van der Waals surface area contributed by atoms with Crippen LogP contribution in [0.1, 0.15) is 11.1 Å². The fraction of sp³-hybridized carbons (Fsp3) is 0. The van der Waals surface area contributed by atoms with Crippen molar-refractivity contribution in [1.29, 1.82) is 0 Å². The Morgan fingerprint density at radius 1 is 0.826 bits per heavy atom. The van der Waals surface area contributed by atoms with Gasteiger partial charge in [0, 0.05) is 4.47 Å². The second-order valence-electron chi connectivity index (χ2n) is 4.53. The van der Waals surface area contributed by atoms with Crippen LogP contribution in [0.2, 0.25) is 0 Å². The zero-order valence-electron chi connectivity index (χ0n) is 11.4. The van der Waals surface area contributed by atoms with Crippen molar-refractivity contribution in [3.63, 3.8) is 0 Å². The fourth-order valence-corrected chi connectivity index (χ4v) is 3.51. The van der Waals surface area contributed by atoms with Crippen LogP contribution in [-0.2, 0) is 20.2 Å². The Labute approximate surface area is 142 Å². The molecule has 0 heterocycles. The SMILES string of the molecule is O=S(=O)(O)c1ccc(C=Cc2ccc(Br)cc2S(=O)(=O)O)cc1. The topological polar surface area (TPSA) is 109 Å². The average Bonchev–Trinajstić information content (AvgIpc) is 2.44. The quantitative estimate of drug-likeness (QED) is 0.582. The van der Waals surface area contributed by atoms with Crippen LogP contribution in [0.15, 0.2) is 56.7 Å². The van der Waals surface area contributed by atoms with Gasteiger partial charge in [0.1, 0.15) is 4.90 Å². The minimum Gasteiger partial charge on any atom is -0.282 e. The lowest BCUT2D eigenvalue weighted by Crippen LogP contribution is -2.00. The van der Waals surface area contributed by atoms with Crippen LogP contribution < -0.4 is 0 Å². The third-order valence-electron chi connectivity index (χ3n) is 2.89. The molecule has 6 nitrogen and oxygen atoms in total. The van der Waals surface area contributed by atoms with Crippen LogP contribution in [0.4, 0.5) is 0 Å². The van der Waals surface area contributed by atoms with Gasteiger partial charge < -0.3 is 0 Å². The minimum absolute atomic E-state index is 0.239. The van der Waals surface area contributed by atoms with Crippen LogP contribution in [0.25, 0.3) is 12.2 Å². The molecule has 2 N–H and O–H groups in total. The molecule has 0 amide bonds. The first-order chi connectivity index (χ1) is 10.6. The van der Waals surface area contributed by atoms with Gasteiger partial charge in [0.25, 0.3) is 20.2 Å². The van der Waals surface area contributed by atoms with E-state index < -0.39 is 20.2 Å². The number of benzene rings is 2. The molecule has 0 radical (unpaired) electrons. The molecule has 0 aliphatic heterocycles. The van der Waals surface area contributed by atoms with Gasteiger partial charge in [0.05, 0.1) is 4.90 Å². The highest BCUT2D eigenvalue weighted by molar-refractivity contribution is 9.10. The predicted octanol–water partition coefficient (Wildman–Crippen LogP) is 3.11. The predicted molar refractivity (Wildman–Crippen MR) is 89.1 cm³/mol. The molecule has 2 aromatic carbocycles. The summed E-state index contributed by atoms with van der Waals surface area (Å²) in [6, 6.07) is 9.75. The van der Waals surface area contributed by atoms with E-state index in [-0.39, 0.29) is 15.4 Å². The summed E-state index contributed by atoms with van der Waals surface area (Å²) >= 11 is 3.13. The zero-order valence-corrected chi connectivity index (χ0v) is 14.6. The van der Waals surface area contributed by atoms with Gasteiger partial charge in [-0.1, -0.05) is 46.3 Å². The number of hydrogen-bond donors (Lipinski definition) is 2. The van der Waals surface area contributed by atoms with Crippen molar-refractivity contribution in [1.82, 2.24) is 0 Å². The lowest BCUT2D eigenvalue weighted by Gasteiger charge is -2.04. The molecule has 0 saturated heterocycles. The van der Waals surface area contributed by atoms with Crippen molar-refractivity contribution >= 4 is 48.3 Å². The first kappa shape index (κ1) is 17.8.